The van der Waals surface area contributed by atoms with Crippen LogP contribution < -0.4 is 5.32 Å². The number of hydrogen-bond acceptors (Lipinski definition) is 1. The minimum atomic E-state index is 1.05. The van der Waals surface area contributed by atoms with Crippen LogP contribution in [0.25, 0.3) is 11.1 Å². The highest BCUT2D eigenvalue weighted by atomic mass is 14.9. The molecule has 0 bridgehead atoms. The lowest BCUT2D eigenvalue weighted by atomic mass is 9.94. The first-order valence-electron chi connectivity index (χ1n) is 6.47. The topological polar surface area (TPSA) is 12.0 Å². The molecule has 1 N–H and O–H groups in total. The molecule has 0 aliphatic carbocycles. The molecule has 1 heteroatoms. The molecule has 0 fully saturated rings. The van der Waals surface area contributed by atoms with Crippen LogP contribution in [0.15, 0.2) is 48.5 Å². The Morgan fingerprint density at radius 3 is 2.06 bits per heavy atom. The Labute approximate surface area is 108 Å². The van der Waals surface area contributed by atoms with Gasteiger partial charge in [-0.15, -0.1) is 0 Å². The monoisotopic (exact) mass is 235 g/mol. The summed E-state index contributed by atoms with van der Waals surface area (Å²) in [6, 6.07) is 17.1. The fourth-order valence-corrected chi connectivity index (χ4v) is 2.74. The highest BCUT2D eigenvalue weighted by molar-refractivity contribution is 5.99. The van der Waals surface area contributed by atoms with Crippen molar-refractivity contribution in [2.24, 2.45) is 0 Å². The zero-order chi connectivity index (χ0) is 12.5. The minimum absolute atomic E-state index is 1.05. The van der Waals surface area contributed by atoms with Crippen LogP contribution in [-0.4, -0.2) is 0 Å². The molecule has 2 aromatic carbocycles. The molecule has 0 radical (unpaired) electrons. The molecule has 90 valence electrons. The Morgan fingerprint density at radius 2 is 1.39 bits per heavy atom. The van der Waals surface area contributed by atoms with E-state index in [0.29, 0.717) is 0 Å². The zero-order valence-electron chi connectivity index (χ0n) is 10.8. The molecule has 18 heavy (non-hydrogen) atoms. The third kappa shape index (κ3) is 1.63. The normalized spacial score (nSPS) is 13.4. The minimum Gasteiger partial charge on any atom is -0.355 e. The Morgan fingerprint density at radius 1 is 0.833 bits per heavy atom. The molecule has 1 aliphatic rings. The van der Waals surface area contributed by atoms with Crippen molar-refractivity contribution < 1.29 is 0 Å². The van der Waals surface area contributed by atoms with Gasteiger partial charge in [0.1, 0.15) is 0 Å². The SMILES string of the molecule is CCC1=C(C)c2ccccc2Nc2ccccc21. The van der Waals surface area contributed by atoms with Crippen LogP contribution in [0, 0.1) is 0 Å². The van der Waals surface area contributed by atoms with Crippen LogP contribution in [0.1, 0.15) is 31.4 Å². The van der Waals surface area contributed by atoms with E-state index in [4.69, 9.17) is 0 Å². The fourth-order valence-electron chi connectivity index (χ4n) is 2.74. The fraction of sp³-hybridized carbons (Fsp3) is 0.176. The summed E-state index contributed by atoms with van der Waals surface area (Å²) in [5.41, 5.74) is 7.86. The number of fused-ring (bicyclic) bond motifs is 2. The van der Waals surface area contributed by atoms with Crippen molar-refractivity contribution in [1.29, 1.82) is 0 Å². The molecule has 1 nitrogen and oxygen atoms in total. The maximum absolute atomic E-state index is 3.56. The van der Waals surface area contributed by atoms with E-state index in [2.05, 4.69) is 67.7 Å². The van der Waals surface area contributed by atoms with Crippen molar-refractivity contribution in [3.63, 3.8) is 0 Å². The number of nitrogens with one attached hydrogen (secondary N) is 1. The van der Waals surface area contributed by atoms with Crippen LogP contribution in [0.5, 0.6) is 0 Å². The van der Waals surface area contributed by atoms with E-state index in [1.165, 1.54) is 33.6 Å². The molecule has 3 rings (SSSR count). The van der Waals surface area contributed by atoms with Crippen molar-refractivity contribution in [1.82, 2.24) is 0 Å². The molecular formula is C17H17N. The Hall–Kier alpha value is -2.02. The van der Waals surface area contributed by atoms with E-state index in [1.54, 1.807) is 0 Å². The first-order valence-corrected chi connectivity index (χ1v) is 6.47. The Bertz CT molecular complexity index is 623. The number of rotatable bonds is 1. The predicted octanol–water partition coefficient (Wildman–Crippen LogP) is 5.08. The lowest BCUT2D eigenvalue weighted by Crippen LogP contribution is -1.93. The molecule has 0 saturated carbocycles. The van der Waals surface area contributed by atoms with Gasteiger partial charge in [0.2, 0.25) is 0 Å². The molecular weight excluding hydrogens is 218 g/mol. The van der Waals surface area contributed by atoms with Gasteiger partial charge in [-0.25, -0.2) is 0 Å². The van der Waals surface area contributed by atoms with Gasteiger partial charge in [-0.1, -0.05) is 43.3 Å². The van der Waals surface area contributed by atoms with Gasteiger partial charge >= 0.3 is 0 Å². The number of anilines is 2. The number of allylic oxidation sites excluding steroid dienone is 2. The summed E-state index contributed by atoms with van der Waals surface area (Å²) in [7, 11) is 0. The van der Waals surface area contributed by atoms with E-state index in [9.17, 15) is 0 Å². The van der Waals surface area contributed by atoms with Crippen LogP contribution >= 0.6 is 0 Å². The second-order valence-corrected chi connectivity index (χ2v) is 4.67. The van der Waals surface area contributed by atoms with Crippen LogP contribution in [0.4, 0.5) is 11.4 Å². The second-order valence-electron chi connectivity index (χ2n) is 4.67. The first kappa shape index (κ1) is 11.1. The zero-order valence-corrected chi connectivity index (χ0v) is 10.8. The van der Waals surface area contributed by atoms with E-state index >= 15 is 0 Å². The summed E-state index contributed by atoms with van der Waals surface area (Å²) in [4.78, 5) is 0. The van der Waals surface area contributed by atoms with Crippen LogP contribution in [0.2, 0.25) is 0 Å². The summed E-state index contributed by atoms with van der Waals surface area (Å²) in [6.07, 6.45) is 1.05. The molecule has 2 aromatic rings. The van der Waals surface area contributed by atoms with Crippen molar-refractivity contribution in [2.45, 2.75) is 20.3 Å². The van der Waals surface area contributed by atoms with Crippen molar-refractivity contribution in [3.8, 4) is 0 Å². The van der Waals surface area contributed by atoms with Crippen molar-refractivity contribution >= 4 is 22.5 Å². The first-order chi connectivity index (χ1) is 8.81. The Balaban J connectivity index is 2.33. The lowest BCUT2D eigenvalue weighted by molar-refractivity contribution is 1.24. The number of benzene rings is 2. The van der Waals surface area contributed by atoms with Crippen molar-refractivity contribution in [2.75, 3.05) is 5.32 Å². The van der Waals surface area contributed by atoms with Gasteiger partial charge in [-0.2, -0.15) is 0 Å². The second kappa shape index (κ2) is 4.34. The summed E-state index contributed by atoms with van der Waals surface area (Å²) in [6.45, 7) is 4.45. The van der Waals surface area contributed by atoms with Crippen LogP contribution in [0.3, 0.4) is 0 Å². The molecule has 1 heterocycles. The predicted molar refractivity (Wildman–Crippen MR) is 78.9 cm³/mol. The summed E-state index contributed by atoms with van der Waals surface area (Å²) >= 11 is 0. The van der Waals surface area contributed by atoms with Crippen LogP contribution in [-0.2, 0) is 0 Å². The standard InChI is InChI=1S/C17H17N/c1-3-13-12(2)14-8-4-6-10-16(14)18-17-11-7-5-9-15(13)17/h4-11,18H,3H2,1-2H3. The average Bonchev–Trinajstić information content (AvgIpc) is 2.53. The molecule has 0 unspecified atom stereocenters. The molecule has 0 atom stereocenters. The summed E-state index contributed by atoms with van der Waals surface area (Å²) in [5.74, 6) is 0. The maximum Gasteiger partial charge on any atom is 0.0460 e. The van der Waals surface area contributed by atoms with E-state index in [1.807, 2.05) is 0 Å². The van der Waals surface area contributed by atoms with Crippen molar-refractivity contribution in [3.05, 3.63) is 59.7 Å². The van der Waals surface area contributed by atoms with E-state index in [-0.39, 0.29) is 0 Å². The quantitative estimate of drug-likeness (QED) is 0.726. The largest absolute Gasteiger partial charge is 0.355 e. The van der Waals surface area contributed by atoms with Gasteiger partial charge in [-0.05, 0) is 36.6 Å². The van der Waals surface area contributed by atoms with Gasteiger partial charge in [0.05, 0.1) is 0 Å². The third-order valence-corrected chi connectivity index (χ3v) is 3.66. The number of hydrogen-bond donors (Lipinski definition) is 1. The van der Waals surface area contributed by atoms with E-state index in [0.717, 1.165) is 6.42 Å². The smallest absolute Gasteiger partial charge is 0.0460 e. The average molecular weight is 235 g/mol. The lowest BCUT2D eigenvalue weighted by Gasteiger charge is -2.10. The van der Waals surface area contributed by atoms with Gasteiger partial charge < -0.3 is 5.32 Å². The third-order valence-electron chi connectivity index (χ3n) is 3.66. The van der Waals surface area contributed by atoms with E-state index < -0.39 is 0 Å². The highest BCUT2D eigenvalue weighted by Gasteiger charge is 2.16. The van der Waals surface area contributed by atoms with Gasteiger partial charge in [0.15, 0.2) is 0 Å². The van der Waals surface area contributed by atoms with Gasteiger partial charge in [0, 0.05) is 22.5 Å². The molecule has 0 spiro atoms. The molecule has 0 amide bonds. The number of para-hydroxylation sites is 2. The van der Waals surface area contributed by atoms with Gasteiger partial charge in [-0.3, -0.25) is 0 Å². The maximum atomic E-state index is 3.56. The van der Waals surface area contributed by atoms with Gasteiger partial charge in [0.25, 0.3) is 0 Å². The molecule has 0 saturated heterocycles. The molecule has 0 aromatic heterocycles. The highest BCUT2D eigenvalue weighted by Crippen LogP contribution is 2.40. The molecule has 1 aliphatic heterocycles. The summed E-state index contributed by atoms with van der Waals surface area (Å²) in [5, 5.41) is 3.56. The summed E-state index contributed by atoms with van der Waals surface area (Å²) < 4.78 is 0. The Kier molecular flexibility index (Phi) is 2.67.